The Morgan fingerprint density at radius 1 is 1.12 bits per heavy atom. The molecule has 14 heteroatoms. The van der Waals surface area contributed by atoms with E-state index in [1.807, 2.05) is 0 Å². The molecule has 5 rings (SSSR count). The number of anilines is 1. The molecular formula is C26H20ClF5N6O2. The number of nitrogen functional groups attached to an aromatic ring is 1. The molecule has 2 aromatic heterocycles. The Morgan fingerprint density at radius 3 is 2.60 bits per heavy atom. The Hall–Kier alpha value is -4.26. The molecule has 1 aliphatic rings. The first-order chi connectivity index (χ1) is 18.9. The number of benzene rings is 2. The van der Waals surface area contributed by atoms with Gasteiger partial charge in [-0.05, 0) is 36.8 Å². The van der Waals surface area contributed by atoms with Crippen LogP contribution in [0.5, 0.6) is 0 Å². The van der Waals surface area contributed by atoms with E-state index in [1.165, 1.54) is 30.3 Å². The number of nitrogens with one attached hydrogen (secondary N) is 1. The predicted molar refractivity (Wildman–Crippen MR) is 136 cm³/mol. The van der Waals surface area contributed by atoms with Crippen LogP contribution in [0.1, 0.15) is 31.8 Å². The molecule has 0 aliphatic carbocycles. The van der Waals surface area contributed by atoms with Gasteiger partial charge in [0.05, 0.1) is 34.4 Å². The number of likely N-dealkylation sites (tertiary alicyclic amines) is 1. The zero-order valence-corrected chi connectivity index (χ0v) is 21.4. The maximum Gasteiger partial charge on any atom is 0.418 e. The largest absolute Gasteiger partial charge is 0.418 e. The van der Waals surface area contributed by atoms with Crippen LogP contribution in [0.4, 0.5) is 27.8 Å². The summed E-state index contributed by atoms with van der Waals surface area (Å²) in [5, 5.41) is 6.08. The zero-order valence-electron chi connectivity index (χ0n) is 20.6. The molecule has 0 bridgehead atoms. The average molecular weight is 579 g/mol. The van der Waals surface area contributed by atoms with Gasteiger partial charge < -0.3 is 16.0 Å². The third kappa shape index (κ3) is 4.81. The van der Waals surface area contributed by atoms with E-state index in [2.05, 4.69) is 15.4 Å². The van der Waals surface area contributed by atoms with Crippen LogP contribution >= 0.6 is 11.6 Å². The Morgan fingerprint density at radius 2 is 1.88 bits per heavy atom. The zero-order chi connectivity index (χ0) is 28.9. The van der Waals surface area contributed by atoms with Crippen molar-refractivity contribution in [2.75, 3.05) is 18.8 Å². The molecule has 1 saturated heterocycles. The second kappa shape index (κ2) is 10.0. The highest BCUT2D eigenvalue weighted by Crippen LogP contribution is 2.39. The quantitative estimate of drug-likeness (QED) is 0.342. The van der Waals surface area contributed by atoms with Crippen molar-refractivity contribution in [1.29, 1.82) is 0 Å². The second-order valence-electron chi connectivity index (χ2n) is 9.28. The van der Waals surface area contributed by atoms with Crippen molar-refractivity contribution in [3.8, 4) is 11.3 Å². The number of halogens is 6. The number of carbonyl (C=O) groups excluding carboxylic acids is 2. The number of alkyl halides is 4. The fraction of sp³-hybridized carbons (Fsp3) is 0.231. The third-order valence-electron chi connectivity index (χ3n) is 6.70. The summed E-state index contributed by atoms with van der Waals surface area (Å²) in [6.07, 6.45) is -5.36. The van der Waals surface area contributed by atoms with E-state index in [-0.39, 0.29) is 46.3 Å². The van der Waals surface area contributed by atoms with Gasteiger partial charge in [-0.1, -0.05) is 29.8 Å². The smallest absolute Gasteiger partial charge is 0.382 e. The first kappa shape index (κ1) is 27.3. The van der Waals surface area contributed by atoms with Crippen LogP contribution in [0.15, 0.2) is 48.8 Å². The minimum absolute atomic E-state index is 0.0125. The molecule has 3 heterocycles. The Labute approximate surface area is 228 Å². The Bertz CT molecular complexity index is 1660. The van der Waals surface area contributed by atoms with Gasteiger partial charge in [-0.15, -0.1) is 0 Å². The average Bonchev–Trinajstić information content (AvgIpc) is 3.47. The SMILES string of the molecule is Cc1ccc(-c2cc(C(F)(F)F)c3c(N)ncnn23)cc1C(=O)N[C@@H]1CN(C(=O)c2cccc(F)c2Cl)C[C@@H]1F. The molecule has 2 amide bonds. The molecule has 0 spiro atoms. The van der Waals surface area contributed by atoms with Crippen LogP contribution in [0.25, 0.3) is 16.8 Å². The van der Waals surface area contributed by atoms with Gasteiger partial charge >= 0.3 is 6.18 Å². The first-order valence-electron chi connectivity index (χ1n) is 11.9. The standard InChI is InChI=1S/C26H20ClF5N6O2/c1-12-5-6-13(20-8-16(26(30,31)32)22-23(33)34-11-35-38(20)22)7-15(12)24(39)36-19-10-37(9-18(19)29)25(40)14-3-2-4-17(28)21(14)27/h2-8,11,18-19H,9-10H2,1H3,(H,36,39)(H2,33,34,35)/t18-,19+/m0/s1. The van der Waals surface area contributed by atoms with Gasteiger partial charge in [-0.2, -0.15) is 18.3 Å². The summed E-state index contributed by atoms with van der Waals surface area (Å²) in [7, 11) is 0. The predicted octanol–water partition coefficient (Wildman–Crippen LogP) is 4.69. The number of aromatic nitrogens is 3. The minimum Gasteiger partial charge on any atom is -0.382 e. The first-order valence-corrected chi connectivity index (χ1v) is 12.2. The van der Waals surface area contributed by atoms with E-state index in [1.54, 1.807) is 6.92 Å². The van der Waals surface area contributed by atoms with Gasteiger partial charge in [0, 0.05) is 17.7 Å². The number of rotatable bonds is 4. The molecule has 0 saturated carbocycles. The molecule has 1 fully saturated rings. The summed E-state index contributed by atoms with van der Waals surface area (Å²) in [4.78, 5) is 30.8. The number of fused-ring (bicyclic) bond motifs is 1. The Kier molecular flexibility index (Phi) is 6.86. The van der Waals surface area contributed by atoms with Gasteiger partial charge in [0.15, 0.2) is 5.82 Å². The lowest BCUT2D eigenvalue weighted by molar-refractivity contribution is -0.136. The van der Waals surface area contributed by atoms with Crippen molar-refractivity contribution in [3.63, 3.8) is 0 Å². The number of aryl methyl sites for hydroxylation is 1. The normalized spacial score (nSPS) is 17.4. The summed E-state index contributed by atoms with van der Waals surface area (Å²) in [6, 6.07) is 7.89. The van der Waals surface area contributed by atoms with Gasteiger partial charge in [0.1, 0.15) is 23.8 Å². The fourth-order valence-corrected chi connectivity index (χ4v) is 4.87. The third-order valence-corrected chi connectivity index (χ3v) is 7.08. The maximum absolute atomic E-state index is 14.9. The molecule has 40 heavy (non-hydrogen) atoms. The van der Waals surface area contributed by atoms with E-state index in [0.717, 1.165) is 27.9 Å². The van der Waals surface area contributed by atoms with Crippen LogP contribution in [0, 0.1) is 12.7 Å². The lowest BCUT2D eigenvalue weighted by Crippen LogP contribution is -2.42. The van der Waals surface area contributed by atoms with Crippen molar-refractivity contribution in [2.24, 2.45) is 0 Å². The second-order valence-corrected chi connectivity index (χ2v) is 9.66. The molecule has 2 atom stereocenters. The molecule has 3 N–H and O–H groups in total. The summed E-state index contributed by atoms with van der Waals surface area (Å²) >= 11 is 5.89. The van der Waals surface area contributed by atoms with Gasteiger partial charge in [-0.25, -0.2) is 18.3 Å². The molecule has 2 aromatic carbocycles. The number of nitrogens with zero attached hydrogens (tertiary/aromatic N) is 4. The molecule has 0 unspecified atom stereocenters. The van der Waals surface area contributed by atoms with Crippen LogP contribution < -0.4 is 11.1 Å². The molecular weight excluding hydrogens is 559 g/mol. The van der Waals surface area contributed by atoms with Crippen molar-refractivity contribution < 1.29 is 31.5 Å². The number of hydrogen-bond donors (Lipinski definition) is 2. The highest BCUT2D eigenvalue weighted by Gasteiger charge is 2.38. The van der Waals surface area contributed by atoms with Crippen molar-refractivity contribution in [1.82, 2.24) is 24.8 Å². The minimum atomic E-state index is -4.75. The van der Waals surface area contributed by atoms with Crippen LogP contribution in [0.3, 0.4) is 0 Å². The molecule has 0 radical (unpaired) electrons. The maximum atomic E-state index is 14.9. The van der Waals surface area contributed by atoms with E-state index in [9.17, 15) is 31.5 Å². The summed E-state index contributed by atoms with van der Waals surface area (Å²) in [5.41, 5.74) is 4.90. The lowest BCUT2D eigenvalue weighted by atomic mass is 10.0. The number of nitrogens with two attached hydrogens (primary N) is 1. The molecule has 8 nitrogen and oxygen atoms in total. The molecule has 208 valence electrons. The highest BCUT2D eigenvalue weighted by molar-refractivity contribution is 6.34. The van der Waals surface area contributed by atoms with Gasteiger partial charge in [-0.3, -0.25) is 9.59 Å². The molecule has 1 aliphatic heterocycles. The van der Waals surface area contributed by atoms with Crippen LogP contribution in [-0.4, -0.2) is 56.6 Å². The van der Waals surface area contributed by atoms with Crippen LogP contribution in [0.2, 0.25) is 5.02 Å². The number of amides is 2. The summed E-state index contributed by atoms with van der Waals surface area (Å²) in [5.74, 6) is -2.55. The summed E-state index contributed by atoms with van der Waals surface area (Å²) in [6.45, 7) is 1.05. The Balaban J connectivity index is 1.41. The van der Waals surface area contributed by atoms with E-state index >= 15 is 0 Å². The molecule has 4 aromatic rings. The monoisotopic (exact) mass is 578 g/mol. The van der Waals surface area contributed by atoms with E-state index in [4.69, 9.17) is 17.3 Å². The topological polar surface area (TPSA) is 106 Å². The fourth-order valence-electron chi connectivity index (χ4n) is 4.67. The highest BCUT2D eigenvalue weighted by atomic mass is 35.5. The van der Waals surface area contributed by atoms with Crippen molar-refractivity contribution >= 4 is 34.7 Å². The van der Waals surface area contributed by atoms with E-state index < -0.39 is 47.1 Å². The van der Waals surface area contributed by atoms with Crippen molar-refractivity contribution in [2.45, 2.75) is 25.3 Å². The number of hydrogen-bond acceptors (Lipinski definition) is 5. The lowest BCUT2D eigenvalue weighted by Gasteiger charge is -2.18. The van der Waals surface area contributed by atoms with E-state index in [0.29, 0.717) is 5.56 Å². The van der Waals surface area contributed by atoms with Gasteiger partial charge in [0.25, 0.3) is 11.8 Å². The van der Waals surface area contributed by atoms with Gasteiger partial charge in [0.2, 0.25) is 0 Å². The summed E-state index contributed by atoms with van der Waals surface area (Å²) < 4.78 is 70.8. The van der Waals surface area contributed by atoms with Crippen molar-refractivity contribution in [3.05, 3.63) is 81.9 Å². The number of carbonyl (C=O) groups is 2. The van der Waals surface area contributed by atoms with Crippen LogP contribution in [-0.2, 0) is 6.18 Å².